The van der Waals surface area contributed by atoms with E-state index in [1.807, 2.05) is 0 Å². The van der Waals surface area contributed by atoms with Gasteiger partial charge in [0.05, 0.1) is 6.10 Å². The fourth-order valence-corrected chi connectivity index (χ4v) is 2.77. The lowest BCUT2D eigenvalue weighted by Gasteiger charge is -2.24. The molecule has 6 heteroatoms. The van der Waals surface area contributed by atoms with Gasteiger partial charge in [0.15, 0.2) is 0 Å². The molecule has 0 radical (unpaired) electrons. The quantitative estimate of drug-likeness (QED) is 0.718. The van der Waals surface area contributed by atoms with E-state index in [1.54, 1.807) is 7.11 Å². The van der Waals surface area contributed by atoms with E-state index in [2.05, 4.69) is 13.8 Å². The van der Waals surface area contributed by atoms with E-state index in [4.69, 9.17) is 10.5 Å². The second-order valence-corrected chi connectivity index (χ2v) is 5.93. The third-order valence-corrected chi connectivity index (χ3v) is 3.80. The standard InChI is InChI=1S/C14H26N2O4/c1-9(2)4-10(7-15)5-13(17)16-8-11(20-3)6-12(16)14(18)19/h9-12H,4-8,15H2,1-3H3,(H,18,19)/t10-,11?,12?/m0/s1. The minimum absolute atomic E-state index is 0.110. The number of ether oxygens (including phenoxy) is 1. The molecule has 1 amide bonds. The van der Waals surface area contributed by atoms with E-state index in [9.17, 15) is 14.7 Å². The summed E-state index contributed by atoms with van der Waals surface area (Å²) in [5, 5.41) is 9.21. The zero-order valence-corrected chi connectivity index (χ0v) is 12.5. The molecule has 1 rings (SSSR count). The van der Waals surface area contributed by atoms with E-state index >= 15 is 0 Å². The van der Waals surface area contributed by atoms with Crippen molar-refractivity contribution >= 4 is 11.9 Å². The molecule has 0 saturated carbocycles. The Morgan fingerprint density at radius 1 is 1.45 bits per heavy atom. The molecule has 0 aliphatic carbocycles. The van der Waals surface area contributed by atoms with Crippen LogP contribution in [0.1, 0.15) is 33.1 Å². The number of amides is 1. The van der Waals surface area contributed by atoms with Crippen molar-refractivity contribution < 1.29 is 19.4 Å². The minimum atomic E-state index is -0.967. The second-order valence-electron chi connectivity index (χ2n) is 5.93. The number of hydrogen-bond acceptors (Lipinski definition) is 4. The monoisotopic (exact) mass is 286 g/mol. The third kappa shape index (κ3) is 4.45. The van der Waals surface area contributed by atoms with Crippen molar-refractivity contribution in [1.82, 2.24) is 4.90 Å². The number of carboxylic acids is 1. The van der Waals surface area contributed by atoms with E-state index in [1.165, 1.54) is 4.90 Å². The van der Waals surface area contributed by atoms with Crippen LogP contribution in [-0.2, 0) is 14.3 Å². The number of carbonyl (C=O) groups is 2. The highest BCUT2D eigenvalue weighted by Crippen LogP contribution is 2.23. The lowest BCUT2D eigenvalue weighted by molar-refractivity contribution is -0.148. The normalized spacial score (nSPS) is 24.1. The zero-order valence-electron chi connectivity index (χ0n) is 12.5. The van der Waals surface area contributed by atoms with Gasteiger partial charge < -0.3 is 20.5 Å². The van der Waals surface area contributed by atoms with Crippen molar-refractivity contribution in [2.75, 3.05) is 20.2 Å². The Bertz CT molecular complexity index is 346. The van der Waals surface area contributed by atoms with Crippen LogP contribution in [0.25, 0.3) is 0 Å². The predicted octanol–water partition coefficient (Wildman–Crippen LogP) is 0.698. The number of carbonyl (C=O) groups excluding carboxylic acids is 1. The number of nitrogens with zero attached hydrogens (tertiary/aromatic N) is 1. The molecule has 0 aromatic rings. The van der Waals surface area contributed by atoms with Crippen LogP contribution in [-0.4, -0.2) is 54.2 Å². The average Bonchev–Trinajstić information content (AvgIpc) is 2.81. The Morgan fingerprint density at radius 3 is 2.55 bits per heavy atom. The predicted molar refractivity (Wildman–Crippen MR) is 75.2 cm³/mol. The fourth-order valence-electron chi connectivity index (χ4n) is 2.77. The van der Waals surface area contributed by atoms with E-state index in [-0.39, 0.29) is 17.9 Å². The molecule has 1 fully saturated rings. The van der Waals surface area contributed by atoms with Gasteiger partial charge in [0.25, 0.3) is 0 Å². The number of hydrogen-bond donors (Lipinski definition) is 2. The van der Waals surface area contributed by atoms with Crippen molar-refractivity contribution in [1.29, 1.82) is 0 Å². The Kier molecular flexibility index (Phi) is 6.42. The number of likely N-dealkylation sites (tertiary alicyclic amines) is 1. The first kappa shape index (κ1) is 16.9. The summed E-state index contributed by atoms with van der Waals surface area (Å²) in [6.07, 6.45) is 1.35. The summed E-state index contributed by atoms with van der Waals surface area (Å²) in [7, 11) is 1.54. The van der Waals surface area contributed by atoms with Crippen molar-refractivity contribution in [2.45, 2.75) is 45.3 Å². The van der Waals surface area contributed by atoms with Crippen molar-refractivity contribution in [3.05, 3.63) is 0 Å². The largest absolute Gasteiger partial charge is 0.480 e. The molecule has 0 aromatic carbocycles. The molecule has 1 aliphatic heterocycles. The van der Waals surface area contributed by atoms with Gasteiger partial charge in [0.2, 0.25) is 5.91 Å². The molecule has 6 nitrogen and oxygen atoms in total. The maximum Gasteiger partial charge on any atom is 0.326 e. The molecule has 3 N–H and O–H groups in total. The summed E-state index contributed by atoms with van der Waals surface area (Å²) in [5.74, 6) is -0.519. The van der Waals surface area contributed by atoms with Crippen molar-refractivity contribution in [2.24, 2.45) is 17.6 Å². The molecule has 20 heavy (non-hydrogen) atoms. The second kappa shape index (κ2) is 7.59. The Hall–Kier alpha value is -1.14. The summed E-state index contributed by atoms with van der Waals surface area (Å²) in [4.78, 5) is 25.0. The Morgan fingerprint density at radius 2 is 2.10 bits per heavy atom. The van der Waals surface area contributed by atoms with Crippen LogP contribution in [0.3, 0.4) is 0 Å². The first-order valence-electron chi connectivity index (χ1n) is 7.14. The molecule has 0 aromatic heterocycles. The van der Waals surface area contributed by atoms with E-state index < -0.39 is 12.0 Å². The summed E-state index contributed by atoms with van der Waals surface area (Å²) < 4.78 is 5.19. The molecule has 1 saturated heterocycles. The highest BCUT2D eigenvalue weighted by atomic mass is 16.5. The number of rotatable bonds is 7. The summed E-state index contributed by atoms with van der Waals surface area (Å²) >= 11 is 0. The Labute approximate surface area is 120 Å². The topological polar surface area (TPSA) is 92.9 Å². The molecular formula is C14H26N2O4. The number of carboxylic acid groups (broad SMARTS) is 1. The van der Waals surface area contributed by atoms with Crippen LogP contribution >= 0.6 is 0 Å². The van der Waals surface area contributed by atoms with Gasteiger partial charge in [-0.1, -0.05) is 13.8 Å². The van der Waals surface area contributed by atoms with E-state index in [0.717, 1.165) is 6.42 Å². The summed E-state index contributed by atoms with van der Waals surface area (Å²) in [5.41, 5.74) is 5.70. The highest BCUT2D eigenvalue weighted by Gasteiger charge is 2.39. The maximum atomic E-state index is 12.3. The van der Waals surface area contributed by atoms with Gasteiger partial charge in [0, 0.05) is 26.5 Å². The minimum Gasteiger partial charge on any atom is -0.480 e. The molecule has 0 bridgehead atoms. The average molecular weight is 286 g/mol. The SMILES string of the molecule is COC1CC(C(=O)O)N(C(=O)C[C@@H](CN)CC(C)C)C1. The van der Waals surface area contributed by atoms with Gasteiger partial charge in [0.1, 0.15) is 6.04 Å². The molecule has 1 aliphatic rings. The molecular weight excluding hydrogens is 260 g/mol. The van der Waals surface area contributed by atoms with Gasteiger partial charge in [-0.25, -0.2) is 4.79 Å². The smallest absolute Gasteiger partial charge is 0.326 e. The third-order valence-electron chi connectivity index (χ3n) is 3.80. The van der Waals surface area contributed by atoms with Gasteiger partial charge >= 0.3 is 5.97 Å². The van der Waals surface area contributed by atoms with Crippen LogP contribution < -0.4 is 5.73 Å². The van der Waals surface area contributed by atoms with Crippen molar-refractivity contribution in [3.63, 3.8) is 0 Å². The first-order chi connectivity index (χ1) is 9.38. The molecule has 3 atom stereocenters. The molecule has 0 spiro atoms. The molecule has 1 heterocycles. The van der Waals surface area contributed by atoms with Gasteiger partial charge in [-0.3, -0.25) is 4.79 Å². The van der Waals surface area contributed by atoms with Gasteiger partial charge in [-0.15, -0.1) is 0 Å². The van der Waals surface area contributed by atoms with Crippen LogP contribution in [0.5, 0.6) is 0 Å². The number of methoxy groups -OCH3 is 1. The summed E-state index contributed by atoms with van der Waals surface area (Å²) in [6.45, 7) is 4.97. The lowest BCUT2D eigenvalue weighted by atomic mass is 9.93. The van der Waals surface area contributed by atoms with Crippen LogP contribution in [0.15, 0.2) is 0 Å². The lowest BCUT2D eigenvalue weighted by Crippen LogP contribution is -2.41. The zero-order chi connectivity index (χ0) is 15.3. The van der Waals surface area contributed by atoms with Gasteiger partial charge in [-0.05, 0) is 24.8 Å². The van der Waals surface area contributed by atoms with Crippen LogP contribution in [0, 0.1) is 11.8 Å². The Balaban J connectivity index is 2.66. The van der Waals surface area contributed by atoms with Crippen LogP contribution in [0.4, 0.5) is 0 Å². The van der Waals surface area contributed by atoms with Gasteiger partial charge in [-0.2, -0.15) is 0 Å². The fraction of sp³-hybridized carbons (Fsp3) is 0.857. The summed E-state index contributed by atoms with van der Waals surface area (Å²) in [6, 6.07) is -0.773. The maximum absolute atomic E-state index is 12.3. The first-order valence-corrected chi connectivity index (χ1v) is 7.14. The number of aliphatic carboxylic acids is 1. The molecule has 116 valence electrons. The van der Waals surface area contributed by atoms with E-state index in [0.29, 0.717) is 31.8 Å². The molecule has 2 unspecified atom stereocenters. The number of nitrogens with two attached hydrogens (primary N) is 1. The van der Waals surface area contributed by atoms with Crippen LogP contribution in [0.2, 0.25) is 0 Å². The van der Waals surface area contributed by atoms with Crippen molar-refractivity contribution in [3.8, 4) is 0 Å². The highest BCUT2D eigenvalue weighted by molar-refractivity contribution is 5.84.